The van der Waals surface area contributed by atoms with Crippen LogP contribution >= 0.6 is 0 Å². The lowest BCUT2D eigenvalue weighted by atomic mass is 9.95. The standard InChI is InChI=1S/C17H17N3O/c1-11-10-12(16-8-9-17(21)20-19-16)6-7-13(11)14-4-2-3-5-15(14)18/h2-7,10H,8-9,18H2,1H3,(H,20,21). The number of benzene rings is 2. The fourth-order valence-corrected chi connectivity index (χ4v) is 2.57. The third kappa shape index (κ3) is 2.65. The molecule has 21 heavy (non-hydrogen) atoms. The first-order chi connectivity index (χ1) is 10.1. The monoisotopic (exact) mass is 279 g/mol. The Balaban J connectivity index is 1.97. The summed E-state index contributed by atoms with van der Waals surface area (Å²) < 4.78 is 0. The van der Waals surface area contributed by atoms with Crippen molar-refractivity contribution in [3.8, 4) is 11.1 Å². The Morgan fingerprint density at radius 3 is 2.57 bits per heavy atom. The maximum absolute atomic E-state index is 11.2. The molecule has 2 aromatic carbocycles. The van der Waals surface area contributed by atoms with Crippen molar-refractivity contribution in [2.75, 3.05) is 5.73 Å². The van der Waals surface area contributed by atoms with Crippen LogP contribution in [0.5, 0.6) is 0 Å². The van der Waals surface area contributed by atoms with Crippen molar-refractivity contribution in [3.05, 3.63) is 53.6 Å². The zero-order valence-corrected chi connectivity index (χ0v) is 11.9. The number of nitrogen functional groups attached to an aromatic ring is 1. The Morgan fingerprint density at radius 2 is 1.90 bits per heavy atom. The molecule has 106 valence electrons. The van der Waals surface area contributed by atoms with Gasteiger partial charge in [-0.15, -0.1) is 0 Å². The molecule has 1 aliphatic heterocycles. The number of aryl methyl sites for hydroxylation is 1. The van der Waals surface area contributed by atoms with Crippen molar-refractivity contribution in [3.63, 3.8) is 0 Å². The van der Waals surface area contributed by atoms with Gasteiger partial charge in [0.2, 0.25) is 5.91 Å². The molecule has 0 fully saturated rings. The zero-order chi connectivity index (χ0) is 14.8. The third-order valence-corrected chi connectivity index (χ3v) is 3.72. The van der Waals surface area contributed by atoms with Gasteiger partial charge in [0, 0.05) is 24.1 Å². The van der Waals surface area contributed by atoms with Gasteiger partial charge in [-0.2, -0.15) is 5.10 Å². The summed E-state index contributed by atoms with van der Waals surface area (Å²) in [6, 6.07) is 14.0. The van der Waals surface area contributed by atoms with E-state index >= 15 is 0 Å². The Labute approximate surface area is 123 Å². The predicted octanol–water partition coefficient (Wildman–Crippen LogP) is 2.86. The average Bonchev–Trinajstić information content (AvgIpc) is 2.49. The molecule has 0 spiro atoms. The Hall–Kier alpha value is -2.62. The fourth-order valence-electron chi connectivity index (χ4n) is 2.57. The van der Waals surface area contributed by atoms with Gasteiger partial charge in [0.25, 0.3) is 0 Å². The average molecular weight is 279 g/mol. The highest BCUT2D eigenvalue weighted by atomic mass is 16.2. The van der Waals surface area contributed by atoms with Crippen LogP contribution in [-0.2, 0) is 4.79 Å². The molecule has 3 rings (SSSR count). The van der Waals surface area contributed by atoms with E-state index in [2.05, 4.69) is 29.6 Å². The van der Waals surface area contributed by atoms with Crippen LogP contribution in [0.2, 0.25) is 0 Å². The summed E-state index contributed by atoms with van der Waals surface area (Å²) in [5.74, 6) is -0.0239. The van der Waals surface area contributed by atoms with Crippen molar-refractivity contribution in [2.24, 2.45) is 5.10 Å². The molecule has 0 radical (unpaired) electrons. The quantitative estimate of drug-likeness (QED) is 0.830. The number of nitrogens with one attached hydrogen (secondary N) is 1. The van der Waals surface area contributed by atoms with E-state index in [0.29, 0.717) is 12.8 Å². The maximum atomic E-state index is 11.2. The fraction of sp³-hybridized carbons (Fsp3) is 0.176. The second-order valence-electron chi connectivity index (χ2n) is 5.21. The predicted molar refractivity (Wildman–Crippen MR) is 84.9 cm³/mol. The lowest BCUT2D eigenvalue weighted by Crippen LogP contribution is -2.25. The number of amides is 1. The summed E-state index contributed by atoms with van der Waals surface area (Å²) in [6.07, 6.45) is 1.17. The number of carbonyl (C=O) groups is 1. The molecule has 0 aromatic heterocycles. The molecule has 4 heteroatoms. The molecule has 1 heterocycles. The van der Waals surface area contributed by atoms with E-state index in [1.807, 2.05) is 30.3 Å². The first kappa shape index (κ1) is 13.4. The molecule has 0 unspecified atom stereocenters. The van der Waals surface area contributed by atoms with E-state index in [0.717, 1.165) is 33.7 Å². The van der Waals surface area contributed by atoms with Gasteiger partial charge in [-0.1, -0.05) is 30.3 Å². The number of hydrogen-bond donors (Lipinski definition) is 2. The molecule has 0 saturated heterocycles. The van der Waals surface area contributed by atoms with Crippen LogP contribution in [0.4, 0.5) is 5.69 Å². The van der Waals surface area contributed by atoms with Gasteiger partial charge in [0.15, 0.2) is 0 Å². The van der Waals surface area contributed by atoms with E-state index in [9.17, 15) is 4.79 Å². The number of rotatable bonds is 2. The SMILES string of the molecule is Cc1cc(C2=NNC(=O)CC2)ccc1-c1ccccc1N. The maximum Gasteiger partial charge on any atom is 0.240 e. The Bertz CT molecular complexity index is 735. The van der Waals surface area contributed by atoms with Crippen molar-refractivity contribution in [2.45, 2.75) is 19.8 Å². The first-order valence-electron chi connectivity index (χ1n) is 6.96. The molecule has 1 aliphatic rings. The van der Waals surface area contributed by atoms with Gasteiger partial charge >= 0.3 is 0 Å². The van der Waals surface area contributed by atoms with Crippen molar-refractivity contribution < 1.29 is 4.79 Å². The topological polar surface area (TPSA) is 67.5 Å². The highest BCUT2D eigenvalue weighted by Gasteiger charge is 2.14. The molecular weight excluding hydrogens is 262 g/mol. The largest absolute Gasteiger partial charge is 0.398 e. The number of para-hydroxylation sites is 1. The summed E-state index contributed by atoms with van der Waals surface area (Å²) in [5.41, 5.74) is 14.6. The van der Waals surface area contributed by atoms with E-state index in [-0.39, 0.29) is 5.91 Å². The molecule has 0 bridgehead atoms. The normalized spacial score (nSPS) is 14.5. The van der Waals surface area contributed by atoms with E-state index in [1.165, 1.54) is 0 Å². The molecule has 2 aromatic rings. The van der Waals surface area contributed by atoms with Gasteiger partial charge in [-0.25, -0.2) is 5.43 Å². The molecule has 0 aliphatic carbocycles. The highest BCUT2D eigenvalue weighted by Crippen LogP contribution is 2.29. The van der Waals surface area contributed by atoms with Crippen molar-refractivity contribution >= 4 is 17.3 Å². The molecule has 3 N–H and O–H groups in total. The number of nitrogens with two attached hydrogens (primary N) is 1. The summed E-state index contributed by atoms with van der Waals surface area (Å²) in [5, 5.41) is 4.13. The summed E-state index contributed by atoms with van der Waals surface area (Å²) in [7, 11) is 0. The minimum Gasteiger partial charge on any atom is -0.398 e. The van der Waals surface area contributed by atoms with Gasteiger partial charge in [-0.05, 0) is 35.7 Å². The second kappa shape index (κ2) is 5.40. The molecule has 0 atom stereocenters. The minimum atomic E-state index is -0.0239. The van der Waals surface area contributed by atoms with Gasteiger partial charge in [-0.3, -0.25) is 4.79 Å². The van der Waals surface area contributed by atoms with Crippen LogP contribution in [0.15, 0.2) is 47.6 Å². The van der Waals surface area contributed by atoms with Crippen LogP contribution in [-0.4, -0.2) is 11.6 Å². The smallest absolute Gasteiger partial charge is 0.240 e. The van der Waals surface area contributed by atoms with E-state index < -0.39 is 0 Å². The lowest BCUT2D eigenvalue weighted by Gasteiger charge is -2.14. The van der Waals surface area contributed by atoms with E-state index in [4.69, 9.17) is 5.73 Å². The Kier molecular flexibility index (Phi) is 3.44. The van der Waals surface area contributed by atoms with Crippen LogP contribution in [0.25, 0.3) is 11.1 Å². The summed E-state index contributed by atoms with van der Waals surface area (Å²) in [4.78, 5) is 11.2. The zero-order valence-electron chi connectivity index (χ0n) is 11.9. The lowest BCUT2D eigenvalue weighted by molar-refractivity contribution is -0.121. The van der Waals surface area contributed by atoms with Gasteiger partial charge in [0.1, 0.15) is 0 Å². The number of anilines is 1. The second-order valence-corrected chi connectivity index (χ2v) is 5.21. The third-order valence-electron chi connectivity index (χ3n) is 3.72. The highest BCUT2D eigenvalue weighted by molar-refractivity contribution is 6.04. The summed E-state index contributed by atoms with van der Waals surface area (Å²) >= 11 is 0. The number of nitrogens with zero attached hydrogens (tertiary/aromatic N) is 1. The van der Waals surface area contributed by atoms with E-state index in [1.54, 1.807) is 0 Å². The molecular formula is C17H17N3O. The summed E-state index contributed by atoms with van der Waals surface area (Å²) in [6.45, 7) is 2.06. The molecule has 4 nitrogen and oxygen atoms in total. The molecule has 1 amide bonds. The molecule has 0 saturated carbocycles. The van der Waals surface area contributed by atoms with Crippen molar-refractivity contribution in [1.29, 1.82) is 0 Å². The number of hydrazone groups is 1. The number of carbonyl (C=O) groups excluding carboxylic acids is 1. The number of hydrogen-bond acceptors (Lipinski definition) is 3. The minimum absolute atomic E-state index is 0.0239. The van der Waals surface area contributed by atoms with Crippen LogP contribution in [0, 0.1) is 6.92 Å². The first-order valence-corrected chi connectivity index (χ1v) is 6.96. The van der Waals surface area contributed by atoms with Gasteiger partial charge < -0.3 is 5.73 Å². The van der Waals surface area contributed by atoms with Crippen LogP contribution in [0.3, 0.4) is 0 Å². The van der Waals surface area contributed by atoms with Gasteiger partial charge in [0.05, 0.1) is 5.71 Å². The van der Waals surface area contributed by atoms with Crippen molar-refractivity contribution in [1.82, 2.24) is 5.43 Å². The Morgan fingerprint density at radius 1 is 1.10 bits per heavy atom. The van der Waals surface area contributed by atoms with Crippen LogP contribution in [0.1, 0.15) is 24.0 Å². The van der Waals surface area contributed by atoms with Crippen LogP contribution < -0.4 is 11.2 Å².